The lowest BCUT2D eigenvalue weighted by Crippen LogP contribution is -2.39. The Bertz CT molecular complexity index is 885. The molecule has 0 bridgehead atoms. The number of carboxylic acid groups (broad SMARTS) is 1. The van der Waals surface area contributed by atoms with E-state index in [0.717, 1.165) is 42.2 Å². The monoisotopic (exact) mass is 345 g/mol. The zero-order chi connectivity index (χ0) is 18.0. The summed E-state index contributed by atoms with van der Waals surface area (Å²) in [7, 11) is 0. The first kappa shape index (κ1) is 17.0. The summed E-state index contributed by atoms with van der Waals surface area (Å²) in [6.45, 7) is 1.05. The molecule has 1 amide bonds. The molecule has 0 saturated carbocycles. The summed E-state index contributed by atoms with van der Waals surface area (Å²) >= 11 is 0. The molecular weight excluding hydrogens is 326 g/mol. The number of nitrogens with one attached hydrogen (secondary N) is 1. The number of benzene rings is 1. The summed E-state index contributed by atoms with van der Waals surface area (Å²) < 4.78 is 10.9. The van der Waals surface area contributed by atoms with Gasteiger partial charge in [0.25, 0.3) is 5.91 Å². The summed E-state index contributed by atoms with van der Waals surface area (Å²) in [5, 5.41) is 11.7. The molecular formula is C18H19NO6. The van der Waals surface area contributed by atoms with E-state index in [-0.39, 0.29) is 5.63 Å². The van der Waals surface area contributed by atoms with Gasteiger partial charge in [-0.3, -0.25) is 9.59 Å². The predicted molar refractivity (Wildman–Crippen MR) is 89.9 cm³/mol. The lowest BCUT2D eigenvalue weighted by Gasteiger charge is -2.17. The second-order valence-electron chi connectivity index (χ2n) is 6.08. The van der Waals surface area contributed by atoms with Gasteiger partial charge in [-0.2, -0.15) is 0 Å². The highest BCUT2D eigenvalue weighted by molar-refractivity contribution is 5.85. The largest absolute Gasteiger partial charge is 0.481 e. The number of hydrogen-bond acceptors (Lipinski definition) is 5. The van der Waals surface area contributed by atoms with Gasteiger partial charge in [0.05, 0.1) is 0 Å². The Kier molecular flexibility index (Phi) is 4.74. The zero-order valence-corrected chi connectivity index (χ0v) is 13.8. The third-order valence-electron chi connectivity index (χ3n) is 4.29. The topological polar surface area (TPSA) is 106 Å². The molecule has 3 rings (SSSR count). The van der Waals surface area contributed by atoms with Gasteiger partial charge in [-0.15, -0.1) is 0 Å². The summed E-state index contributed by atoms with van der Waals surface area (Å²) in [5.74, 6) is -1.28. The number of rotatable bonds is 5. The normalized spacial score (nSPS) is 14.6. The van der Waals surface area contributed by atoms with Crippen molar-refractivity contribution in [2.24, 2.45) is 0 Å². The molecule has 2 N–H and O–H groups in total. The van der Waals surface area contributed by atoms with E-state index in [9.17, 15) is 14.4 Å². The van der Waals surface area contributed by atoms with Crippen LogP contribution >= 0.6 is 0 Å². The molecule has 1 aromatic carbocycles. The molecule has 2 aromatic rings. The Morgan fingerprint density at radius 3 is 2.72 bits per heavy atom. The van der Waals surface area contributed by atoms with Crippen LogP contribution in [0.3, 0.4) is 0 Å². The van der Waals surface area contributed by atoms with Crippen LogP contribution in [0.25, 0.3) is 11.0 Å². The van der Waals surface area contributed by atoms with Crippen molar-refractivity contribution in [1.82, 2.24) is 5.32 Å². The van der Waals surface area contributed by atoms with E-state index in [2.05, 4.69) is 5.32 Å². The van der Waals surface area contributed by atoms with Crippen LogP contribution in [0.4, 0.5) is 0 Å². The number of ether oxygens (including phenoxy) is 1. The van der Waals surface area contributed by atoms with Gasteiger partial charge in [0.15, 0.2) is 6.10 Å². The maximum atomic E-state index is 12.1. The molecule has 0 unspecified atom stereocenters. The number of carbonyl (C=O) groups is 2. The van der Waals surface area contributed by atoms with Crippen LogP contribution in [0, 0.1) is 0 Å². The van der Waals surface area contributed by atoms with Crippen molar-refractivity contribution in [2.45, 2.75) is 38.7 Å². The second kappa shape index (κ2) is 6.96. The first-order valence-corrected chi connectivity index (χ1v) is 8.20. The molecule has 25 heavy (non-hydrogen) atoms. The molecule has 1 aromatic heterocycles. The van der Waals surface area contributed by atoms with Crippen molar-refractivity contribution in [3.05, 3.63) is 39.7 Å². The lowest BCUT2D eigenvalue weighted by molar-refractivity contribution is -0.139. The van der Waals surface area contributed by atoms with Crippen molar-refractivity contribution in [2.75, 3.05) is 6.54 Å². The van der Waals surface area contributed by atoms with Crippen molar-refractivity contribution < 1.29 is 23.8 Å². The standard InChI is InChI=1S/C18H19NO6/c1-10(17(22)19-9-16(20)21)24-11-6-7-13-12-4-2-3-5-14(12)18(23)25-15(13)8-11/h6-8,10H,2-5,9H2,1H3,(H,19,22)(H,20,21)/t10-/m1/s1. The average molecular weight is 345 g/mol. The zero-order valence-electron chi connectivity index (χ0n) is 13.8. The van der Waals surface area contributed by atoms with E-state index >= 15 is 0 Å². The highest BCUT2D eigenvalue weighted by atomic mass is 16.5. The average Bonchev–Trinajstić information content (AvgIpc) is 2.59. The van der Waals surface area contributed by atoms with Crippen molar-refractivity contribution >= 4 is 22.8 Å². The molecule has 0 spiro atoms. The van der Waals surface area contributed by atoms with Gasteiger partial charge in [-0.05, 0) is 50.3 Å². The molecule has 1 aliphatic rings. The van der Waals surface area contributed by atoms with Gasteiger partial charge in [-0.25, -0.2) is 4.79 Å². The molecule has 0 radical (unpaired) electrons. The Hall–Kier alpha value is -2.83. The third kappa shape index (κ3) is 3.65. The quantitative estimate of drug-likeness (QED) is 0.798. The van der Waals surface area contributed by atoms with E-state index in [4.69, 9.17) is 14.3 Å². The predicted octanol–water partition coefficient (Wildman–Crippen LogP) is 1.64. The fraction of sp³-hybridized carbons (Fsp3) is 0.389. The van der Waals surface area contributed by atoms with Crippen LogP contribution < -0.4 is 15.7 Å². The first-order chi connectivity index (χ1) is 12.0. The number of aryl methyl sites for hydroxylation is 1. The first-order valence-electron chi connectivity index (χ1n) is 8.20. The van der Waals surface area contributed by atoms with Gasteiger partial charge in [0, 0.05) is 17.0 Å². The number of amides is 1. The highest BCUT2D eigenvalue weighted by Gasteiger charge is 2.19. The smallest absolute Gasteiger partial charge is 0.339 e. The second-order valence-corrected chi connectivity index (χ2v) is 6.08. The number of aliphatic carboxylic acids is 1. The fourth-order valence-corrected chi connectivity index (χ4v) is 3.06. The van der Waals surface area contributed by atoms with E-state index in [1.807, 2.05) is 6.07 Å². The summed E-state index contributed by atoms with van der Waals surface area (Å²) in [6.07, 6.45) is 2.76. The molecule has 7 heteroatoms. The summed E-state index contributed by atoms with van der Waals surface area (Å²) in [6, 6.07) is 5.14. The van der Waals surface area contributed by atoms with E-state index in [1.165, 1.54) is 6.92 Å². The Labute approximate surface area is 143 Å². The minimum absolute atomic E-state index is 0.313. The number of fused-ring (bicyclic) bond motifs is 3. The minimum Gasteiger partial charge on any atom is -0.481 e. The number of carbonyl (C=O) groups excluding carboxylic acids is 1. The van der Waals surface area contributed by atoms with Gasteiger partial charge in [-0.1, -0.05) is 0 Å². The Balaban J connectivity index is 1.83. The maximum Gasteiger partial charge on any atom is 0.339 e. The van der Waals surface area contributed by atoms with Crippen LogP contribution in [0.1, 0.15) is 30.9 Å². The molecule has 1 heterocycles. The molecule has 0 fully saturated rings. The lowest BCUT2D eigenvalue weighted by atomic mass is 9.91. The number of hydrogen-bond donors (Lipinski definition) is 2. The molecule has 1 atom stereocenters. The third-order valence-corrected chi connectivity index (χ3v) is 4.29. The van der Waals surface area contributed by atoms with Crippen LogP contribution in [-0.2, 0) is 22.4 Å². The molecule has 1 aliphatic carbocycles. The maximum absolute atomic E-state index is 12.1. The highest BCUT2D eigenvalue weighted by Crippen LogP contribution is 2.29. The minimum atomic E-state index is -1.13. The van der Waals surface area contributed by atoms with Crippen LogP contribution in [0.5, 0.6) is 5.75 Å². The van der Waals surface area contributed by atoms with Crippen molar-refractivity contribution in [3.8, 4) is 5.75 Å². The molecule has 0 aliphatic heterocycles. The molecule has 132 valence electrons. The van der Waals surface area contributed by atoms with E-state index in [0.29, 0.717) is 11.3 Å². The van der Waals surface area contributed by atoms with Gasteiger partial charge in [0.2, 0.25) is 0 Å². The molecule has 7 nitrogen and oxygen atoms in total. The summed E-state index contributed by atoms with van der Waals surface area (Å²) in [4.78, 5) is 34.4. The Morgan fingerprint density at radius 1 is 1.28 bits per heavy atom. The van der Waals surface area contributed by atoms with E-state index < -0.39 is 24.5 Å². The van der Waals surface area contributed by atoms with E-state index in [1.54, 1.807) is 12.1 Å². The Morgan fingerprint density at radius 2 is 2.00 bits per heavy atom. The van der Waals surface area contributed by atoms with Crippen LogP contribution in [0.2, 0.25) is 0 Å². The molecule has 0 saturated heterocycles. The van der Waals surface area contributed by atoms with Crippen molar-refractivity contribution in [1.29, 1.82) is 0 Å². The van der Waals surface area contributed by atoms with Gasteiger partial charge in [0.1, 0.15) is 17.9 Å². The van der Waals surface area contributed by atoms with Crippen molar-refractivity contribution in [3.63, 3.8) is 0 Å². The fourth-order valence-electron chi connectivity index (χ4n) is 3.06. The summed E-state index contributed by atoms with van der Waals surface area (Å²) in [5.41, 5.74) is 1.91. The SMILES string of the molecule is C[C@@H](Oc1ccc2c3c(c(=O)oc2c1)CCCC3)C(=O)NCC(=O)O. The number of carboxylic acids is 1. The van der Waals surface area contributed by atoms with Crippen LogP contribution in [0.15, 0.2) is 27.4 Å². The van der Waals surface area contributed by atoms with Crippen LogP contribution in [-0.4, -0.2) is 29.6 Å². The van der Waals surface area contributed by atoms with Gasteiger partial charge >= 0.3 is 11.6 Å². The van der Waals surface area contributed by atoms with Gasteiger partial charge < -0.3 is 19.6 Å².